The summed E-state index contributed by atoms with van der Waals surface area (Å²) in [5.74, 6) is -1.85. The second kappa shape index (κ2) is 9.66. The van der Waals surface area contributed by atoms with Crippen LogP contribution in [0.3, 0.4) is 0 Å². The zero-order valence-corrected chi connectivity index (χ0v) is 15.5. The van der Waals surface area contributed by atoms with Gasteiger partial charge in [0.15, 0.2) is 5.75 Å². The molecular formula is C18H15F2N3O4S. The average Bonchev–Trinajstić information content (AvgIpc) is 2.66. The third-order valence-electron chi connectivity index (χ3n) is 3.65. The zero-order chi connectivity index (χ0) is 20.7. The Hall–Kier alpha value is -3.19. The van der Waals surface area contributed by atoms with E-state index in [1.54, 1.807) is 12.1 Å². The number of nitro benzene ring substituents is 1. The number of hydrogen-bond acceptors (Lipinski definition) is 6. The predicted octanol–water partition coefficient (Wildman–Crippen LogP) is 3.50. The summed E-state index contributed by atoms with van der Waals surface area (Å²) in [5, 5.41) is 22.5. The molecule has 0 aliphatic carbocycles. The van der Waals surface area contributed by atoms with Crippen LogP contribution < -0.4 is 10.1 Å². The van der Waals surface area contributed by atoms with E-state index in [4.69, 9.17) is 10.00 Å². The van der Waals surface area contributed by atoms with Crippen molar-refractivity contribution in [3.05, 3.63) is 69.3 Å². The van der Waals surface area contributed by atoms with Gasteiger partial charge in [0.05, 0.1) is 23.9 Å². The fourth-order valence-corrected chi connectivity index (χ4v) is 3.13. The summed E-state index contributed by atoms with van der Waals surface area (Å²) < 4.78 is 31.7. The molecule has 0 spiro atoms. The van der Waals surface area contributed by atoms with Crippen molar-refractivity contribution in [3.63, 3.8) is 0 Å². The quantitative estimate of drug-likeness (QED) is 0.530. The number of amides is 1. The molecule has 0 bridgehead atoms. The van der Waals surface area contributed by atoms with Gasteiger partial charge < -0.3 is 10.1 Å². The number of halogens is 2. The van der Waals surface area contributed by atoms with Crippen LogP contribution in [-0.4, -0.2) is 23.7 Å². The van der Waals surface area contributed by atoms with Gasteiger partial charge in [0.2, 0.25) is 5.91 Å². The normalized spacial score (nSPS) is 11.4. The van der Waals surface area contributed by atoms with Crippen LogP contribution in [0.15, 0.2) is 36.4 Å². The van der Waals surface area contributed by atoms with E-state index in [1.165, 1.54) is 19.2 Å². The third kappa shape index (κ3) is 5.40. The lowest BCUT2D eigenvalue weighted by Gasteiger charge is -2.13. The maximum absolute atomic E-state index is 13.8. The van der Waals surface area contributed by atoms with Gasteiger partial charge in [-0.3, -0.25) is 14.9 Å². The molecule has 10 heteroatoms. The van der Waals surface area contributed by atoms with E-state index in [0.29, 0.717) is 17.4 Å². The largest absolute Gasteiger partial charge is 0.490 e. The Balaban J connectivity index is 1.94. The van der Waals surface area contributed by atoms with Gasteiger partial charge in [-0.1, -0.05) is 12.1 Å². The topological polar surface area (TPSA) is 105 Å². The van der Waals surface area contributed by atoms with Crippen LogP contribution >= 0.6 is 11.8 Å². The molecule has 0 aliphatic heterocycles. The van der Waals surface area contributed by atoms with Crippen LogP contribution in [0.2, 0.25) is 0 Å². The number of nitrogens with zero attached hydrogens (tertiary/aromatic N) is 2. The minimum Gasteiger partial charge on any atom is -0.490 e. The summed E-state index contributed by atoms with van der Waals surface area (Å²) in [7, 11) is 1.33. The number of nitriles is 1. The number of thioether (sulfide) groups is 1. The third-order valence-corrected chi connectivity index (χ3v) is 4.65. The molecule has 0 aromatic heterocycles. The molecule has 1 atom stereocenters. The van der Waals surface area contributed by atoms with E-state index in [-0.39, 0.29) is 22.8 Å². The first kappa shape index (κ1) is 21.1. The lowest BCUT2D eigenvalue weighted by Crippen LogP contribution is -2.29. The molecule has 2 rings (SSSR count). The van der Waals surface area contributed by atoms with E-state index in [9.17, 15) is 23.7 Å². The monoisotopic (exact) mass is 407 g/mol. The molecule has 0 radical (unpaired) electrons. The summed E-state index contributed by atoms with van der Waals surface area (Å²) in [6.07, 6.45) is 0. The van der Waals surface area contributed by atoms with Crippen molar-refractivity contribution in [3.8, 4) is 11.8 Å². The minimum absolute atomic E-state index is 0.0547. The lowest BCUT2D eigenvalue weighted by atomic mass is 10.1. The van der Waals surface area contributed by atoms with Crippen molar-refractivity contribution >= 4 is 23.4 Å². The molecular weight excluding hydrogens is 392 g/mol. The van der Waals surface area contributed by atoms with Gasteiger partial charge in [-0.25, -0.2) is 8.78 Å². The summed E-state index contributed by atoms with van der Waals surface area (Å²) in [6, 6.07) is 7.71. The van der Waals surface area contributed by atoms with Crippen LogP contribution in [0.1, 0.15) is 17.2 Å². The molecule has 2 aromatic carbocycles. The van der Waals surface area contributed by atoms with Crippen LogP contribution in [0.4, 0.5) is 14.5 Å². The van der Waals surface area contributed by atoms with Gasteiger partial charge in [-0.05, 0) is 17.7 Å². The van der Waals surface area contributed by atoms with Gasteiger partial charge in [0, 0.05) is 23.4 Å². The van der Waals surface area contributed by atoms with Crippen molar-refractivity contribution in [2.75, 3.05) is 12.9 Å². The van der Waals surface area contributed by atoms with Gasteiger partial charge in [-0.2, -0.15) is 5.26 Å². The number of hydrogen-bond donors (Lipinski definition) is 1. The Morgan fingerprint density at radius 1 is 1.36 bits per heavy atom. The summed E-state index contributed by atoms with van der Waals surface area (Å²) in [5.41, 5.74) is 0.307. The van der Waals surface area contributed by atoms with Crippen molar-refractivity contribution in [2.45, 2.75) is 11.8 Å². The Morgan fingerprint density at radius 2 is 2.11 bits per heavy atom. The summed E-state index contributed by atoms with van der Waals surface area (Å²) in [6.45, 7) is 0. The number of methoxy groups -OCH3 is 1. The first-order valence-corrected chi connectivity index (χ1v) is 9.04. The van der Waals surface area contributed by atoms with Crippen molar-refractivity contribution in [1.29, 1.82) is 5.26 Å². The number of carbonyl (C=O) groups excluding carboxylic acids is 1. The van der Waals surface area contributed by atoms with E-state index < -0.39 is 28.5 Å². The highest BCUT2D eigenvalue weighted by Crippen LogP contribution is 2.29. The molecule has 1 amide bonds. The Morgan fingerprint density at radius 3 is 2.71 bits per heavy atom. The highest BCUT2D eigenvalue weighted by atomic mass is 32.2. The standard InChI is InChI=1S/C18H15F2N3O4S/c1-27-17-5-2-11(6-16(17)23(25)26)9-28-10-18(24)22-15(8-21)13-4-3-12(19)7-14(13)20/h2-7,15H,9-10H2,1H3,(H,22,24). The van der Waals surface area contributed by atoms with E-state index in [1.807, 2.05) is 0 Å². The molecule has 2 aromatic rings. The zero-order valence-electron chi connectivity index (χ0n) is 14.6. The van der Waals surface area contributed by atoms with Crippen molar-refractivity contribution < 1.29 is 23.2 Å². The Labute approximate surface area is 163 Å². The maximum atomic E-state index is 13.8. The molecule has 1 N–H and O–H groups in total. The molecule has 7 nitrogen and oxygen atoms in total. The first-order valence-electron chi connectivity index (χ1n) is 7.88. The number of rotatable bonds is 8. The van der Waals surface area contributed by atoms with E-state index >= 15 is 0 Å². The Kier molecular flexibility index (Phi) is 7.28. The number of nitrogens with one attached hydrogen (secondary N) is 1. The molecule has 0 heterocycles. The molecule has 1 unspecified atom stereocenters. The van der Waals surface area contributed by atoms with Crippen molar-refractivity contribution in [2.24, 2.45) is 0 Å². The van der Waals surface area contributed by atoms with E-state index in [0.717, 1.165) is 23.9 Å². The molecule has 28 heavy (non-hydrogen) atoms. The van der Waals surface area contributed by atoms with Crippen molar-refractivity contribution in [1.82, 2.24) is 5.32 Å². The molecule has 146 valence electrons. The maximum Gasteiger partial charge on any atom is 0.311 e. The molecule has 0 aliphatic rings. The fraction of sp³-hybridized carbons (Fsp3) is 0.222. The van der Waals surface area contributed by atoms with E-state index in [2.05, 4.69) is 5.32 Å². The number of ether oxygens (including phenoxy) is 1. The van der Waals surface area contributed by atoms with Crippen LogP contribution in [0.25, 0.3) is 0 Å². The van der Waals surface area contributed by atoms with Crippen LogP contribution in [0.5, 0.6) is 5.75 Å². The summed E-state index contributed by atoms with van der Waals surface area (Å²) in [4.78, 5) is 22.5. The first-order chi connectivity index (χ1) is 13.3. The minimum atomic E-state index is -1.25. The highest BCUT2D eigenvalue weighted by Gasteiger charge is 2.19. The number of benzene rings is 2. The van der Waals surface area contributed by atoms with Gasteiger partial charge in [-0.15, -0.1) is 11.8 Å². The van der Waals surface area contributed by atoms with Gasteiger partial charge >= 0.3 is 5.69 Å². The van der Waals surface area contributed by atoms with Gasteiger partial charge in [0.25, 0.3) is 0 Å². The second-order valence-corrected chi connectivity index (χ2v) is 6.54. The second-order valence-electron chi connectivity index (χ2n) is 5.55. The SMILES string of the molecule is COc1ccc(CSCC(=O)NC(C#N)c2ccc(F)cc2F)cc1[N+](=O)[O-]. The fourth-order valence-electron chi connectivity index (χ4n) is 2.35. The molecule has 0 saturated heterocycles. The van der Waals surface area contributed by atoms with Crippen LogP contribution in [0, 0.1) is 33.1 Å². The van der Waals surface area contributed by atoms with Crippen LogP contribution in [-0.2, 0) is 10.5 Å². The van der Waals surface area contributed by atoms with Gasteiger partial charge in [0.1, 0.15) is 17.7 Å². The summed E-state index contributed by atoms with van der Waals surface area (Å²) >= 11 is 1.16. The Bertz CT molecular complexity index is 934. The highest BCUT2D eigenvalue weighted by molar-refractivity contribution is 7.99. The lowest BCUT2D eigenvalue weighted by molar-refractivity contribution is -0.385. The predicted molar refractivity (Wildman–Crippen MR) is 98.7 cm³/mol. The average molecular weight is 407 g/mol. The molecule has 0 fully saturated rings. The smallest absolute Gasteiger partial charge is 0.311 e. The number of nitro groups is 1. The molecule has 0 saturated carbocycles. The number of carbonyl (C=O) groups is 1.